The van der Waals surface area contributed by atoms with Crippen LogP contribution in [0.2, 0.25) is 5.02 Å². The van der Waals surface area contributed by atoms with Crippen molar-refractivity contribution >= 4 is 28.9 Å². The third-order valence-corrected chi connectivity index (χ3v) is 6.35. The summed E-state index contributed by atoms with van der Waals surface area (Å²) in [6, 6.07) is 17.2. The first-order valence-electron chi connectivity index (χ1n) is 11.2. The Labute approximate surface area is 198 Å². The van der Waals surface area contributed by atoms with E-state index in [1.54, 1.807) is 6.20 Å². The van der Waals surface area contributed by atoms with Crippen LogP contribution in [0.4, 0.5) is 11.4 Å². The third kappa shape index (κ3) is 4.94. The molecule has 4 rings (SSSR count). The van der Waals surface area contributed by atoms with Gasteiger partial charge in [0.05, 0.1) is 24.1 Å². The lowest BCUT2D eigenvalue weighted by Gasteiger charge is -2.36. The van der Waals surface area contributed by atoms with Gasteiger partial charge in [0.1, 0.15) is 5.02 Å². The number of nitrogens with zero attached hydrogens (tertiary/aromatic N) is 5. The number of hydrogen-bond acceptors (Lipinski definition) is 5. The fraction of sp³-hybridized carbons (Fsp3) is 0.320. The second-order valence-corrected chi connectivity index (χ2v) is 8.46. The van der Waals surface area contributed by atoms with Crippen molar-refractivity contribution in [2.75, 3.05) is 49.1 Å². The number of carbonyl (C=O) groups is 1. The standard InChI is InChI=1S/C25H28ClN5O2/c1-3-30(21-12-8-7-9-19(21)2)23(32)18-28-13-15-29(16-14-28)22-17-27-31(25(33)24(22)26)20-10-5-4-6-11-20/h4-12,17H,3,13-16,18H2,1-2H3. The van der Waals surface area contributed by atoms with E-state index < -0.39 is 0 Å². The van der Waals surface area contributed by atoms with E-state index in [9.17, 15) is 9.59 Å². The summed E-state index contributed by atoms with van der Waals surface area (Å²) in [7, 11) is 0. The van der Waals surface area contributed by atoms with Gasteiger partial charge in [0.25, 0.3) is 5.56 Å². The number of hydrogen-bond donors (Lipinski definition) is 0. The fourth-order valence-electron chi connectivity index (χ4n) is 4.17. The summed E-state index contributed by atoms with van der Waals surface area (Å²) in [6.45, 7) is 7.74. The number of benzene rings is 2. The Balaban J connectivity index is 1.41. The number of piperazine rings is 1. The number of aryl methyl sites for hydroxylation is 1. The zero-order valence-electron chi connectivity index (χ0n) is 18.9. The van der Waals surface area contributed by atoms with Gasteiger partial charge in [0, 0.05) is 38.4 Å². The molecule has 172 valence electrons. The van der Waals surface area contributed by atoms with Gasteiger partial charge in [-0.05, 0) is 37.6 Å². The SMILES string of the molecule is CCN(C(=O)CN1CCN(c2cnn(-c3ccccc3)c(=O)c2Cl)CC1)c1ccccc1C. The van der Waals surface area contributed by atoms with Gasteiger partial charge in [-0.3, -0.25) is 14.5 Å². The molecule has 0 radical (unpaired) electrons. The average molecular weight is 466 g/mol. The van der Waals surface area contributed by atoms with Crippen LogP contribution in [0.1, 0.15) is 12.5 Å². The van der Waals surface area contributed by atoms with Gasteiger partial charge in [-0.1, -0.05) is 48.0 Å². The van der Waals surface area contributed by atoms with E-state index in [2.05, 4.69) is 14.9 Å². The Kier molecular flexibility index (Phi) is 7.11. The van der Waals surface area contributed by atoms with Crippen LogP contribution < -0.4 is 15.4 Å². The minimum Gasteiger partial charge on any atom is -0.366 e. The summed E-state index contributed by atoms with van der Waals surface area (Å²) in [6.07, 6.45) is 1.65. The molecule has 1 amide bonds. The molecule has 0 N–H and O–H groups in total. The predicted molar refractivity (Wildman–Crippen MR) is 133 cm³/mol. The van der Waals surface area contributed by atoms with Crippen LogP contribution in [0.25, 0.3) is 5.69 Å². The largest absolute Gasteiger partial charge is 0.366 e. The van der Waals surface area contributed by atoms with Crippen molar-refractivity contribution < 1.29 is 4.79 Å². The topological polar surface area (TPSA) is 61.7 Å². The highest BCUT2D eigenvalue weighted by molar-refractivity contribution is 6.33. The maximum Gasteiger partial charge on any atom is 0.292 e. The normalized spacial score (nSPS) is 14.3. The molecule has 1 aliphatic rings. The molecule has 0 spiro atoms. The van der Waals surface area contributed by atoms with Crippen LogP contribution in [-0.4, -0.2) is 59.9 Å². The molecular weight excluding hydrogens is 438 g/mol. The summed E-state index contributed by atoms with van der Waals surface area (Å²) in [4.78, 5) is 31.9. The van der Waals surface area contributed by atoms with E-state index in [0.717, 1.165) is 11.3 Å². The van der Waals surface area contributed by atoms with Crippen molar-refractivity contribution in [3.8, 4) is 5.69 Å². The number of likely N-dealkylation sites (N-methyl/N-ethyl adjacent to an activating group) is 1. The van der Waals surface area contributed by atoms with E-state index in [4.69, 9.17) is 11.6 Å². The van der Waals surface area contributed by atoms with Crippen molar-refractivity contribution in [2.45, 2.75) is 13.8 Å². The Hall–Kier alpha value is -3.16. The maximum atomic E-state index is 13.0. The van der Waals surface area contributed by atoms with Crippen molar-refractivity contribution in [3.63, 3.8) is 0 Å². The summed E-state index contributed by atoms with van der Waals surface area (Å²) >= 11 is 6.46. The van der Waals surface area contributed by atoms with Gasteiger partial charge in [-0.2, -0.15) is 9.78 Å². The van der Waals surface area contributed by atoms with Gasteiger partial charge in [0.2, 0.25) is 5.91 Å². The molecule has 1 saturated heterocycles. The molecule has 0 saturated carbocycles. The van der Waals surface area contributed by atoms with Crippen LogP contribution in [0.3, 0.4) is 0 Å². The van der Waals surface area contributed by atoms with Crippen LogP contribution in [0, 0.1) is 6.92 Å². The van der Waals surface area contributed by atoms with Crippen LogP contribution in [-0.2, 0) is 4.79 Å². The molecule has 1 aromatic heterocycles. The predicted octanol–water partition coefficient (Wildman–Crippen LogP) is 3.37. The minimum atomic E-state index is -0.338. The number of carbonyl (C=O) groups excluding carboxylic acids is 1. The van der Waals surface area contributed by atoms with Gasteiger partial charge in [-0.25, -0.2) is 0 Å². The lowest BCUT2D eigenvalue weighted by atomic mass is 10.1. The minimum absolute atomic E-state index is 0.0883. The second kappa shape index (κ2) is 10.2. The number of aromatic nitrogens is 2. The molecule has 33 heavy (non-hydrogen) atoms. The molecule has 0 bridgehead atoms. The van der Waals surface area contributed by atoms with Crippen molar-refractivity contribution in [3.05, 3.63) is 81.7 Å². The molecule has 1 aliphatic heterocycles. The van der Waals surface area contributed by atoms with Crippen LogP contribution >= 0.6 is 11.6 Å². The molecule has 2 heterocycles. The van der Waals surface area contributed by atoms with Gasteiger partial charge in [0.15, 0.2) is 0 Å². The number of halogens is 1. The fourth-order valence-corrected chi connectivity index (χ4v) is 4.42. The number of para-hydroxylation sites is 2. The molecule has 3 aromatic rings. The number of rotatable bonds is 6. The monoisotopic (exact) mass is 465 g/mol. The van der Waals surface area contributed by atoms with Crippen LogP contribution in [0.15, 0.2) is 65.6 Å². The summed E-state index contributed by atoms with van der Waals surface area (Å²) in [5, 5.41) is 4.49. The van der Waals surface area contributed by atoms with Gasteiger partial charge < -0.3 is 9.80 Å². The van der Waals surface area contributed by atoms with E-state index in [-0.39, 0.29) is 16.5 Å². The average Bonchev–Trinajstić information content (AvgIpc) is 2.84. The summed E-state index contributed by atoms with van der Waals surface area (Å²) in [5.41, 5.74) is 3.02. The first-order chi connectivity index (χ1) is 16.0. The number of amides is 1. The first kappa shape index (κ1) is 23.0. The summed E-state index contributed by atoms with van der Waals surface area (Å²) in [5.74, 6) is 0.0883. The van der Waals surface area contributed by atoms with Gasteiger partial charge in [-0.15, -0.1) is 0 Å². The number of anilines is 2. The van der Waals surface area contributed by atoms with Crippen LogP contribution in [0.5, 0.6) is 0 Å². The molecule has 1 fully saturated rings. The highest BCUT2D eigenvalue weighted by Gasteiger charge is 2.25. The van der Waals surface area contributed by atoms with Crippen molar-refractivity contribution in [1.82, 2.24) is 14.7 Å². The first-order valence-corrected chi connectivity index (χ1v) is 11.5. The zero-order chi connectivity index (χ0) is 23.4. The molecular formula is C25H28ClN5O2. The smallest absolute Gasteiger partial charge is 0.292 e. The molecule has 2 aromatic carbocycles. The molecule has 0 atom stereocenters. The summed E-state index contributed by atoms with van der Waals surface area (Å²) < 4.78 is 1.31. The van der Waals surface area contributed by atoms with E-state index in [0.29, 0.717) is 50.6 Å². The zero-order valence-corrected chi connectivity index (χ0v) is 19.7. The highest BCUT2D eigenvalue weighted by Crippen LogP contribution is 2.24. The van der Waals surface area contributed by atoms with E-state index in [1.807, 2.05) is 73.3 Å². The second-order valence-electron chi connectivity index (χ2n) is 8.08. The Morgan fingerprint density at radius 2 is 1.70 bits per heavy atom. The van der Waals surface area contributed by atoms with Gasteiger partial charge >= 0.3 is 0 Å². The Bertz CT molecular complexity index is 1170. The quantitative estimate of drug-likeness (QED) is 0.558. The molecule has 0 unspecified atom stereocenters. The van der Waals surface area contributed by atoms with E-state index >= 15 is 0 Å². The Morgan fingerprint density at radius 1 is 1.03 bits per heavy atom. The highest BCUT2D eigenvalue weighted by atomic mass is 35.5. The molecule has 0 aliphatic carbocycles. The third-order valence-electron chi connectivity index (χ3n) is 6.00. The molecule has 8 heteroatoms. The van der Waals surface area contributed by atoms with E-state index in [1.165, 1.54) is 4.68 Å². The molecule has 7 nitrogen and oxygen atoms in total. The maximum absolute atomic E-state index is 13.0. The lowest BCUT2D eigenvalue weighted by molar-refractivity contribution is -0.119. The Morgan fingerprint density at radius 3 is 2.36 bits per heavy atom. The van der Waals surface area contributed by atoms with Crippen molar-refractivity contribution in [1.29, 1.82) is 0 Å². The van der Waals surface area contributed by atoms with Crippen molar-refractivity contribution in [2.24, 2.45) is 0 Å². The lowest BCUT2D eigenvalue weighted by Crippen LogP contribution is -2.50.